The van der Waals surface area contributed by atoms with Crippen LogP contribution in [0, 0.1) is 10.1 Å². The minimum Gasteiger partial charge on any atom is -0.297 e. The van der Waals surface area contributed by atoms with Crippen molar-refractivity contribution < 1.29 is 4.92 Å². The van der Waals surface area contributed by atoms with Gasteiger partial charge in [0.1, 0.15) is 12.4 Å². The van der Waals surface area contributed by atoms with Crippen LogP contribution in [0.4, 0.5) is 5.69 Å². The fourth-order valence-electron chi connectivity index (χ4n) is 1.63. The van der Waals surface area contributed by atoms with Crippen LogP contribution in [0.5, 0.6) is 0 Å². The van der Waals surface area contributed by atoms with Crippen molar-refractivity contribution in [2.75, 3.05) is 18.1 Å². The molecule has 0 atom stereocenters. The van der Waals surface area contributed by atoms with E-state index in [-0.39, 0.29) is 18.1 Å². The second-order valence-electron chi connectivity index (χ2n) is 3.39. The molecule has 2 rings (SSSR count). The van der Waals surface area contributed by atoms with Crippen LogP contribution in [0.3, 0.4) is 0 Å². The molecule has 1 fully saturated rings. The first kappa shape index (κ1) is 11.8. The van der Waals surface area contributed by atoms with Gasteiger partial charge in [-0.3, -0.25) is 15.1 Å². The molecule has 15 heavy (non-hydrogen) atoms. The number of hydrogen-bond acceptors (Lipinski definition) is 4. The number of piperidine rings is 1. The Morgan fingerprint density at radius 2 is 2.00 bits per heavy atom. The van der Waals surface area contributed by atoms with Crippen LogP contribution in [0.15, 0.2) is 12.4 Å². The van der Waals surface area contributed by atoms with E-state index < -0.39 is 4.92 Å². The van der Waals surface area contributed by atoms with E-state index in [4.69, 9.17) is 0 Å². The SMILES string of the molecule is Cl.O=[N+]([O-])c1cnn(N2CCCCC2)c1. The summed E-state index contributed by atoms with van der Waals surface area (Å²) in [5.74, 6) is 0. The Bertz CT molecular complexity index is 335. The zero-order valence-corrected chi connectivity index (χ0v) is 9.02. The van der Waals surface area contributed by atoms with Crippen LogP contribution in [-0.2, 0) is 0 Å². The molecule has 0 N–H and O–H groups in total. The molecule has 0 spiro atoms. The highest BCUT2D eigenvalue weighted by Gasteiger charge is 2.15. The number of nitrogens with zero attached hydrogens (tertiary/aromatic N) is 4. The number of aromatic nitrogens is 2. The van der Waals surface area contributed by atoms with Crippen LogP contribution in [0.2, 0.25) is 0 Å². The lowest BCUT2D eigenvalue weighted by Crippen LogP contribution is -2.39. The summed E-state index contributed by atoms with van der Waals surface area (Å²) in [5, 5.41) is 16.4. The first-order valence-corrected chi connectivity index (χ1v) is 4.71. The summed E-state index contributed by atoms with van der Waals surface area (Å²) < 4.78 is 0. The second-order valence-corrected chi connectivity index (χ2v) is 3.39. The molecule has 7 heteroatoms. The lowest BCUT2D eigenvalue weighted by Gasteiger charge is -2.27. The van der Waals surface area contributed by atoms with E-state index in [9.17, 15) is 10.1 Å². The topological polar surface area (TPSA) is 64.2 Å². The Morgan fingerprint density at radius 3 is 2.53 bits per heavy atom. The summed E-state index contributed by atoms with van der Waals surface area (Å²) in [5.41, 5.74) is 0.0515. The number of halogens is 1. The number of hydrogen-bond donors (Lipinski definition) is 0. The van der Waals surface area contributed by atoms with Gasteiger partial charge in [-0.1, -0.05) is 0 Å². The minimum absolute atomic E-state index is 0. The molecule has 0 unspecified atom stereocenters. The van der Waals surface area contributed by atoms with Gasteiger partial charge in [-0.25, -0.2) is 0 Å². The summed E-state index contributed by atoms with van der Waals surface area (Å²) >= 11 is 0. The average Bonchev–Trinajstić information content (AvgIpc) is 2.68. The predicted molar refractivity (Wildman–Crippen MR) is 57.9 cm³/mol. The van der Waals surface area contributed by atoms with Crippen molar-refractivity contribution in [3.05, 3.63) is 22.5 Å². The van der Waals surface area contributed by atoms with Crippen LogP contribution in [0.1, 0.15) is 19.3 Å². The third-order valence-corrected chi connectivity index (χ3v) is 2.39. The molecule has 1 saturated heterocycles. The Morgan fingerprint density at radius 1 is 1.33 bits per heavy atom. The van der Waals surface area contributed by atoms with E-state index in [2.05, 4.69) is 5.10 Å². The third-order valence-electron chi connectivity index (χ3n) is 2.39. The van der Waals surface area contributed by atoms with Gasteiger partial charge in [0.05, 0.1) is 4.92 Å². The van der Waals surface area contributed by atoms with Crippen molar-refractivity contribution in [1.82, 2.24) is 9.89 Å². The van der Waals surface area contributed by atoms with Crippen molar-refractivity contribution in [2.24, 2.45) is 0 Å². The molecule has 1 aliphatic rings. The van der Waals surface area contributed by atoms with E-state index in [1.165, 1.54) is 18.8 Å². The highest BCUT2D eigenvalue weighted by molar-refractivity contribution is 5.85. The molecule has 0 aliphatic carbocycles. The van der Waals surface area contributed by atoms with Gasteiger partial charge in [-0.05, 0) is 19.3 Å². The standard InChI is InChI=1S/C8H12N4O2.ClH/c13-12(14)8-6-9-11(7-8)10-4-2-1-3-5-10;/h6-7H,1-5H2;1H. The van der Waals surface area contributed by atoms with E-state index in [0.29, 0.717) is 0 Å². The van der Waals surface area contributed by atoms with E-state index in [1.807, 2.05) is 5.01 Å². The Kier molecular flexibility index (Phi) is 3.90. The maximum absolute atomic E-state index is 10.4. The lowest BCUT2D eigenvalue weighted by atomic mass is 10.2. The van der Waals surface area contributed by atoms with Gasteiger partial charge in [0.25, 0.3) is 0 Å². The summed E-state index contributed by atoms with van der Waals surface area (Å²) in [7, 11) is 0. The van der Waals surface area contributed by atoms with Gasteiger partial charge in [0.15, 0.2) is 0 Å². The van der Waals surface area contributed by atoms with Crippen LogP contribution in [-0.4, -0.2) is 27.9 Å². The molecule has 0 saturated carbocycles. The zero-order valence-electron chi connectivity index (χ0n) is 8.20. The van der Waals surface area contributed by atoms with Crippen molar-refractivity contribution in [1.29, 1.82) is 0 Å². The summed E-state index contributed by atoms with van der Waals surface area (Å²) in [6.07, 6.45) is 6.25. The molecule has 2 heterocycles. The maximum atomic E-state index is 10.4. The minimum atomic E-state index is -0.423. The van der Waals surface area contributed by atoms with Gasteiger partial charge in [-0.2, -0.15) is 9.89 Å². The normalized spacial score (nSPS) is 15.9. The van der Waals surface area contributed by atoms with E-state index in [0.717, 1.165) is 25.9 Å². The molecule has 1 aliphatic heterocycles. The van der Waals surface area contributed by atoms with Gasteiger partial charge in [-0.15, -0.1) is 12.4 Å². The zero-order chi connectivity index (χ0) is 9.97. The van der Waals surface area contributed by atoms with Gasteiger partial charge >= 0.3 is 5.69 Å². The number of rotatable bonds is 2. The molecule has 84 valence electrons. The fourth-order valence-corrected chi connectivity index (χ4v) is 1.63. The van der Waals surface area contributed by atoms with Gasteiger partial charge < -0.3 is 0 Å². The molecular formula is C8H13ClN4O2. The summed E-state index contributed by atoms with van der Waals surface area (Å²) in [6, 6.07) is 0. The quantitative estimate of drug-likeness (QED) is 0.570. The summed E-state index contributed by atoms with van der Waals surface area (Å²) in [6.45, 7) is 1.86. The molecule has 6 nitrogen and oxygen atoms in total. The fraction of sp³-hybridized carbons (Fsp3) is 0.625. The first-order chi connectivity index (χ1) is 6.77. The highest BCUT2D eigenvalue weighted by Crippen LogP contribution is 2.11. The smallest absolute Gasteiger partial charge is 0.297 e. The van der Waals surface area contributed by atoms with Gasteiger partial charge in [0, 0.05) is 13.1 Å². The average molecular weight is 233 g/mol. The molecule has 0 bridgehead atoms. The molecule has 0 amide bonds. The molecule has 0 aromatic carbocycles. The van der Waals surface area contributed by atoms with Crippen LogP contribution < -0.4 is 5.01 Å². The second kappa shape index (κ2) is 4.97. The van der Waals surface area contributed by atoms with Crippen molar-refractivity contribution in [2.45, 2.75) is 19.3 Å². The predicted octanol–water partition coefficient (Wildman–Crippen LogP) is 1.33. The Hall–Kier alpha value is -1.30. The van der Waals surface area contributed by atoms with Crippen molar-refractivity contribution >= 4 is 18.1 Å². The first-order valence-electron chi connectivity index (χ1n) is 4.71. The monoisotopic (exact) mass is 232 g/mol. The summed E-state index contributed by atoms with van der Waals surface area (Å²) in [4.78, 5) is 11.6. The Labute approximate surface area is 93.4 Å². The molecular weight excluding hydrogens is 220 g/mol. The largest absolute Gasteiger partial charge is 0.309 e. The maximum Gasteiger partial charge on any atom is 0.309 e. The number of nitro groups is 1. The lowest BCUT2D eigenvalue weighted by molar-refractivity contribution is -0.385. The van der Waals surface area contributed by atoms with Gasteiger partial charge in [0.2, 0.25) is 0 Å². The van der Waals surface area contributed by atoms with Crippen LogP contribution >= 0.6 is 12.4 Å². The Balaban J connectivity index is 0.00000112. The van der Waals surface area contributed by atoms with E-state index in [1.54, 1.807) is 4.79 Å². The van der Waals surface area contributed by atoms with Crippen LogP contribution in [0.25, 0.3) is 0 Å². The highest BCUT2D eigenvalue weighted by atomic mass is 35.5. The third kappa shape index (κ3) is 2.59. The molecule has 1 aromatic rings. The molecule has 0 radical (unpaired) electrons. The van der Waals surface area contributed by atoms with Crippen molar-refractivity contribution in [3.63, 3.8) is 0 Å². The van der Waals surface area contributed by atoms with E-state index >= 15 is 0 Å². The molecule has 1 aromatic heterocycles. The van der Waals surface area contributed by atoms with Crippen molar-refractivity contribution in [3.8, 4) is 0 Å².